The maximum Gasteiger partial charge on any atom is 0.0474 e. The first kappa shape index (κ1) is 12.0. The molecule has 84 valence electrons. The van der Waals surface area contributed by atoms with Crippen molar-refractivity contribution in [2.45, 2.75) is 52.0 Å². The molecule has 2 nitrogen and oxygen atoms in total. The number of hydrogen-bond acceptors (Lipinski definition) is 2. The average molecular weight is 199 g/mol. The van der Waals surface area contributed by atoms with Gasteiger partial charge in [0, 0.05) is 12.6 Å². The Balaban J connectivity index is 2.35. The molecule has 2 heteroatoms. The lowest BCUT2D eigenvalue weighted by atomic mass is 9.77. The van der Waals surface area contributed by atoms with Gasteiger partial charge >= 0.3 is 0 Å². The van der Waals surface area contributed by atoms with Crippen LogP contribution < -0.4 is 5.32 Å². The Morgan fingerprint density at radius 1 is 1.29 bits per heavy atom. The van der Waals surface area contributed by atoms with Crippen LogP contribution in [0.4, 0.5) is 0 Å². The summed E-state index contributed by atoms with van der Waals surface area (Å²) in [6.45, 7) is 5.91. The summed E-state index contributed by atoms with van der Waals surface area (Å²) in [5.41, 5.74) is 0. The lowest BCUT2D eigenvalue weighted by Gasteiger charge is -2.35. The molecule has 0 spiro atoms. The third-order valence-corrected chi connectivity index (χ3v) is 3.56. The molecule has 1 rings (SSSR count). The van der Waals surface area contributed by atoms with Crippen LogP contribution in [0.1, 0.15) is 46.0 Å². The van der Waals surface area contributed by atoms with Crippen molar-refractivity contribution >= 4 is 0 Å². The van der Waals surface area contributed by atoms with Gasteiger partial charge in [-0.25, -0.2) is 0 Å². The third kappa shape index (κ3) is 3.25. The van der Waals surface area contributed by atoms with E-state index in [-0.39, 0.29) is 0 Å². The minimum atomic E-state index is 0.359. The summed E-state index contributed by atoms with van der Waals surface area (Å²) in [7, 11) is 0. The van der Waals surface area contributed by atoms with E-state index in [1.807, 2.05) is 0 Å². The number of aliphatic hydroxyl groups is 1. The summed E-state index contributed by atoms with van der Waals surface area (Å²) < 4.78 is 0. The van der Waals surface area contributed by atoms with Crippen molar-refractivity contribution < 1.29 is 5.11 Å². The van der Waals surface area contributed by atoms with Crippen LogP contribution in [0.15, 0.2) is 0 Å². The monoisotopic (exact) mass is 199 g/mol. The Kier molecular flexibility index (Phi) is 5.49. The van der Waals surface area contributed by atoms with Gasteiger partial charge in [0.15, 0.2) is 0 Å². The van der Waals surface area contributed by atoms with Gasteiger partial charge in [0.05, 0.1) is 0 Å². The number of aliphatic hydroxyl groups excluding tert-OH is 1. The summed E-state index contributed by atoms with van der Waals surface area (Å²) in [6.07, 6.45) is 6.27. The van der Waals surface area contributed by atoms with Gasteiger partial charge in [0.1, 0.15) is 0 Å². The standard InChI is InChI=1S/C12H25NO/c1-3-7-13-12-6-5-10(4-2)8-11(12)9-14/h10-14H,3-9H2,1-2H3. The predicted octanol–water partition coefficient (Wildman–Crippen LogP) is 2.17. The van der Waals surface area contributed by atoms with Crippen molar-refractivity contribution in [3.05, 3.63) is 0 Å². The van der Waals surface area contributed by atoms with E-state index in [1.165, 1.54) is 32.1 Å². The number of hydrogen-bond donors (Lipinski definition) is 2. The zero-order valence-electron chi connectivity index (χ0n) is 9.63. The van der Waals surface area contributed by atoms with Gasteiger partial charge < -0.3 is 10.4 Å². The summed E-state index contributed by atoms with van der Waals surface area (Å²) >= 11 is 0. The van der Waals surface area contributed by atoms with Crippen LogP contribution in [0.2, 0.25) is 0 Å². The third-order valence-electron chi connectivity index (χ3n) is 3.56. The minimum Gasteiger partial charge on any atom is -0.396 e. The lowest BCUT2D eigenvalue weighted by molar-refractivity contribution is 0.123. The molecular weight excluding hydrogens is 174 g/mol. The maximum atomic E-state index is 9.33. The highest BCUT2D eigenvalue weighted by Crippen LogP contribution is 2.30. The molecule has 0 amide bonds. The fourth-order valence-electron chi connectivity index (χ4n) is 2.53. The van der Waals surface area contributed by atoms with Gasteiger partial charge in [-0.1, -0.05) is 20.3 Å². The molecule has 1 fully saturated rings. The molecule has 0 aromatic rings. The van der Waals surface area contributed by atoms with Crippen LogP contribution in [0.3, 0.4) is 0 Å². The average Bonchev–Trinajstić information content (AvgIpc) is 2.26. The first-order valence-corrected chi connectivity index (χ1v) is 6.16. The van der Waals surface area contributed by atoms with E-state index in [4.69, 9.17) is 0 Å². The second kappa shape index (κ2) is 6.41. The molecule has 14 heavy (non-hydrogen) atoms. The van der Waals surface area contributed by atoms with Gasteiger partial charge in [0.25, 0.3) is 0 Å². The Hall–Kier alpha value is -0.0800. The van der Waals surface area contributed by atoms with Crippen molar-refractivity contribution in [3.8, 4) is 0 Å². The van der Waals surface area contributed by atoms with Crippen molar-refractivity contribution in [2.24, 2.45) is 11.8 Å². The molecule has 3 unspecified atom stereocenters. The van der Waals surface area contributed by atoms with Gasteiger partial charge in [-0.3, -0.25) is 0 Å². The molecule has 0 bridgehead atoms. The SMILES string of the molecule is CCCNC1CCC(CC)CC1CO. The van der Waals surface area contributed by atoms with E-state index in [1.54, 1.807) is 0 Å². The van der Waals surface area contributed by atoms with Gasteiger partial charge in [-0.2, -0.15) is 0 Å². The number of rotatable bonds is 5. The Bertz CT molecular complexity index is 149. The van der Waals surface area contributed by atoms with E-state index in [0.717, 1.165) is 12.5 Å². The van der Waals surface area contributed by atoms with Crippen molar-refractivity contribution in [2.75, 3.05) is 13.2 Å². The van der Waals surface area contributed by atoms with Crippen molar-refractivity contribution in [3.63, 3.8) is 0 Å². The molecule has 0 saturated heterocycles. The normalized spacial score (nSPS) is 33.2. The van der Waals surface area contributed by atoms with Crippen LogP contribution in [-0.2, 0) is 0 Å². The van der Waals surface area contributed by atoms with Crippen LogP contribution >= 0.6 is 0 Å². The van der Waals surface area contributed by atoms with E-state index in [2.05, 4.69) is 19.2 Å². The van der Waals surface area contributed by atoms with Gasteiger partial charge in [-0.15, -0.1) is 0 Å². The highest BCUT2D eigenvalue weighted by Gasteiger charge is 2.28. The Morgan fingerprint density at radius 2 is 2.07 bits per heavy atom. The topological polar surface area (TPSA) is 32.3 Å². The second-order valence-corrected chi connectivity index (χ2v) is 4.59. The van der Waals surface area contributed by atoms with Crippen LogP contribution in [0, 0.1) is 11.8 Å². The smallest absolute Gasteiger partial charge is 0.0474 e. The highest BCUT2D eigenvalue weighted by molar-refractivity contribution is 4.83. The molecule has 2 N–H and O–H groups in total. The maximum absolute atomic E-state index is 9.33. The van der Waals surface area contributed by atoms with E-state index in [9.17, 15) is 5.11 Å². The van der Waals surface area contributed by atoms with Crippen LogP contribution in [0.25, 0.3) is 0 Å². The molecular formula is C12H25NO. The largest absolute Gasteiger partial charge is 0.396 e. The molecule has 0 aromatic carbocycles. The fraction of sp³-hybridized carbons (Fsp3) is 1.00. The molecule has 0 heterocycles. The first-order chi connectivity index (χ1) is 6.81. The first-order valence-electron chi connectivity index (χ1n) is 6.16. The quantitative estimate of drug-likeness (QED) is 0.711. The minimum absolute atomic E-state index is 0.359. The van der Waals surface area contributed by atoms with Crippen molar-refractivity contribution in [1.82, 2.24) is 5.32 Å². The summed E-state index contributed by atoms with van der Waals surface area (Å²) in [6, 6.07) is 0.572. The summed E-state index contributed by atoms with van der Waals surface area (Å²) in [4.78, 5) is 0. The Labute approximate surface area is 88.1 Å². The molecule has 1 saturated carbocycles. The Morgan fingerprint density at radius 3 is 2.64 bits per heavy atom. The van der Waals surface area contributed by atoms with Crippen LogP contribution in [-0.4, -0.2) is 24.3 Å². The summed E-state index contributed by atoms with van der Waals surface area (Å²) in [5.74, 6) is 1.35. The highest BCUT2D eigenvalue weighted by atomic mass is 16.3. The van der Waals surface area contributed by atoms with E-state index < -0.39 is 0 Å². The van der Waals surface area contributed by atoms with Gasteiger partial charge in [0.2, 0.25) is 0 Å². The molecule has 1 aliphatic rings. The zero-order valence-corrected chi connectivity index (χ0v) is 9.63. The summed E-state index contributed by atoms with van der Waals surface area (Å²) in [5, 5.41) is 12.9. The lowest BCUT2D eigenvalue weighted by Crippen LogP contribution is -2.42. The fourth-order valence-corrected chi connectivity index (χ4v) is 2.53. The molecule has 0 aromatic heterocycles. The zero-order chi connectivity index (χ0) is 10.4. The number of nitrogens with one attached hydrogen (secondary N) is 1. The van der Waals surface area contributed by atoms with Crippen molar-refractivity contribution in [1.29, 1.82) is 0 Å². The van der Waals surface area contributed by atoms with E-state index in [0.29, 0.717) is 18.6 Å². The van der Waals surface area contributed by atoms with E-state index >= 15 is 0 Å². The molecule has 1 aliphatic carbocycles. The molecule has 3 atom stereocenters. The van der Waals surface area contributed by atoms with Gasteiger partial charge in [-0.05, 0) is 44.1 Å². The molecule has 0 aliphatic heterocycles. The predicted molar refractivity (Wildman–Crippen MR) is 60.3 cm³/mol. The molecule has 0 radical (unpaired) electrons. The van der Waals surface area contributed by atoms with Crippen LogP contribution in [0.5, 0.6) is 0 Å². The second-order valence-electron chi connectivity index (χ2n) is 4.59.